The molecule has 1 N–H and O–H groups in total. The Balaban J connectivity index is 3.22. The van der Waals surface area contributed by atoms with Crippen LogP contribution in [0.25, 0.3) is 0 Å². The summed E-state index contributed by atoms with van der Waals surface area (Å²) in [5, 5.41) is 10.6. The van der Waals surface area contributed by atoms with Gasteiger partial charge in [-0.3, -0.25) is 0 Å². The Morgan fingerprint density at radius 1 is 1.12 bits per heavy atom. The van der Waals surface area contributed by atoms with Crippen LogP contribution in [-0.2, 0) is 4.74 Å². The van der Waals surface area contributed by atoms with Crippen molar-refractivity contribution < 1.29 is 14.6 Å². The summed E-state index contributed by atoms with van der Waals surface area (Å²) in [7, 11) is 0. The molecular weight excluding hydrogens is 326 g/mol. The number of ether oxygens (including phenoxy) is 1. The van der Waals surface area contributed by atoms with Crippen molar-refractivity contribution in [3.05, 3.63) is 59.9 Å². The Kier molecular flexibility index (Phi) is 8.09. The van der Waals surface area contributed by atoms with Crippen molar-refractivity contribution in [2.75, 3.05) is 0 Å². The van der Waals surface area contributed by atoms with E-state index in [2.05, 4.69) is 0 Å². The van der Waals surface area contributed by atoms with Gasteiger partial charge >= 0.3 is 6.09 Å². The lowest BCUT2D eigenvalue weighted by Crippen LogP contribution is -2.42. The van der Waals surface area contributed by atoms with Crippen molar-refractivity contribution in [3.63, 3.8) is 0 Å². The highest BCUT2D eigenvalue weighted by Gasteiger charge is 2.28. The van der Waals surface area contributed by atoms with Gasteiger partial charge in [-0.2, -0.15) is 0 Å². The van der Waals surface area contributed by atoms with Crippen molar-refractivity contribution in [2.45, 2.75) is 72.1 Å². The summed E-state index contributed by atoms with van der Waals surface area (Å²) in [5.41, 5.74) is -0.0428. The van der Waals surface area contributed by atoms with Gasteiger partial charge in [0.15, 0.2) is 0 Å². The summed E-state index contributed by atoms with van der Waals surface area (Å²) in [5.74, 6) is 0.119. The molecule has 144 valence electrons. The number of hydrogen-bond acceptors (Lipinski definition) is 3. The maximum absolute atomic E-state index is 12.6. The van der Waals surface area contributed by atoms with E-state index in [9.17, 15) is 9.90 Å². The van der Waals surface area contributed by atoms with E-state index in [1.807, 2.05) is 77.1 Å². The van der Waals surface area contributed by atoms with Gasteiger partial charge < -0.3 is 14.7 Å². The molecule has 4 heteroatoms. The van der Waals surface area contributed by atoms with Crippen molar-refractivity contribution in [3.8, 4) is 0 Å². The van der Waals surface area contributed by atoms with Gasteiger partial charge in [0.25, 0.3) is 0 Å². The molecule has 0 saturated heterocycles. The van der Waals surface area contributed by atoms with Crippen molar-refractivity contribution >= 4 is 6.09 Å². The molecule has 0 spiro atoms. The molecule has 1 atom stereocenters. The Hall–Kier alpha value is -2.07. The van der Waals surface area contributed by atoms with Crippen LogP contribution in [0.1, 0.15) is 59.9 Å². The topological polar surface area (TPSA) is 49.8 Å². The van der Waals surface area contributed by atoms with E-state index in [0.717, 1.165) is 5.56 Å². The molecule has 0 bridgehead atoms. The van der Waals surface area contributed by atoms with Crippen LogP contribution >= 0.6 is 0 Å². The first-order valence-electron chi connectivity index (χ1n) is 9.19. The zero-order chi connectivity index (χ0) is 19.9. The molecule has 26 heavy (non-hydrogen) atoms. The van der Waals surface area contributed by atoms with Crippen LogP contribution < -0.4 is 0 Å². The molecule has 0 fully saturated rings. The van der Waals surface area contributed by atoms with Gasteiger partial charge in [-0.25, -0.2) is 4.79 Å². The van der Waals surface area contributed by atoms with Gasteiger partial charge in [0.1, 0.15) is 5.76 Å². The molecule has 1 aromatic rings. The van der Waals surface area contributed by atoms with Crippen LogP contribution in [0.15, 0.2) is 54.3 Å². The summed E-state index contributed by atoms with van der Waals surface area (Å²) < 4.78 is 5.67. The first kappa shape index (κ1) is 22.0. The van der Waals surface area contributed by atoms with E-state index in [-0.39, 0.29) is 24.1 Å². The highest BCUT2D eigenvalue weighted by Crippen LogP contribution is 2.31. The molecule has 1 aromatic carbocycles. The first-order valence-corrected chi connectivity index (χ1v) is 9.19. The number of allylic oxidation sites excluding steroid dienone is 2. The molecule has 1 rings (SSSR count). The fourth-order valence-corrected chi connectivity index (χ4v) is 2.99. The second-order valence-corrected chi connectivity index (χ2v) is 7.57. The molecule has 0 radical (unpaired) electrons. The van der Waals surface area contributed by atoms with Gasteiger partial charge in [0.05, 0.1) is 5.60 Å². The van der Waals surface area contributed by atoms with Crippen LogP contribution in [0.5, 0.6) is 0 Å². The molecule has 0 aliphatic rings. The summed E-state index contributed by atoms with van der Waals surface area (Å²) in [6.07, 6.45) is 4.99. The monoisotopic (exact) mass is 359 g/mol. The number of nitrogens with zero attached hydrogens (tertiary/aromatic N) is 1. The summed E-state index contributed by atoms with van der Waals surface area (Å²) in [6, 6.07) is 9.79. The van der Waals surface area contributed by atoms with Crippen LogP contribution in [0, 0.1) is 0 Å². The SMILES string of the molecule is C/C=C/C(=C/[C@@H](c1ccccc1)C(C)(C)O)OC(=O)N(C(C)C)C(C)C. The lowest BCUT2D eigenvalue weighted by Gasteiger charge is -2.31. The van der Waals surface area contributed by atoms with Crippen LogP contribution in [0.2, 0.25) is 0 Å². The van der Waals surface area contributed by atoms with Crippen LogP contribution in [0.4, 0.5) is 4.79 Å². The first-order chi connectivity index (χ1) is 12.1. The second kappa shape index (κ2) is 9.58. The minimum absolute atomic E-state index is 0.0357. The molecule has 1 amide bonds. The number of rotatable bonds is 7. The third kappa shape index (κ3) is 6.34. The van der Waals surface area contributed by atoms with E-state index in [1.54, 1.807) is 24.8 Å². The Labute approximate surface area is 158 Å². The molecule has 0 heterocycles. The number of carbonyl (C=O) groups excluding carboxylic acids is 1. The van der Waals surface area contributed by atoms with Gasteiger partial charge in [0, 0.05) is 18.0 Å². The maximum atomic E-state index is 12.6. The molecule has 0 aromatic heterocycles. The summed E-state index contributed by atoms with van der Waals surface area (Å²) in [6.45, 7) is 13.2. The Morgan fingerprint density at radius 2 is 1.65 bits per heavy atom. The number of benzene rings is 1. The highest BCUT2D eigenvalue weighted by atomic mass is 16.6. The fourth-order valence-electron chi connectivity index (χ4n) is 2.99. The van der Waals surface area contributed by atoms with Crippen molar-refractivity contribution in [1.29, 1.82) is 0 Å². The molecule has 0 aliphatic heterocycles. The number of hydrogen-bond donors (Lipinski definition) is 1. The molecule has 4 nitrogen and oxygen atoms in total. The fraction of sp³-hybridized carbons (Fsp3) is 0.500. The largest absolute Gasteiger partial charge is 0.415 e. The van der Waals surface area contributed by atoms with Gasteiger partial charge in [-0.1, -0.05) is 36.4 Å². The zero-order valence-corrected chi connectivity index (χ0v) is 17.1. The normalized spacial score (nSPS) is 14.2. The highest BCUT2D eigenvalue weighted by molar-refractivity contribution is 5.70. The van der Waals surface area contributed by atoms with Gasteiger partial charge in [-0.15, -0.1) is 0 Å². The van der Waals surface area contributed by atoms with E-state index in [1.165, 1.54) is 0 Å². The van der Waals surface area contributed by atoms with Gasteiger partial charge in [-0.05, 0) is 66.2 Å². The average Bonchev–Trinajstić information content (AvgIpc) is 2.51. The minimum Gasteiger partial charge on any atom is -0.411 e. The molecule has 0 unspecified atom stereocenters. The predicted molar refractivity (Wildman–Crippen MR) is 107 cm³/mol. The Bertz CT molecular complexity index is 617. The molecule has 0 aliphatic carbocycles. The molecule has 0 saturated carbocycles. The zero-order valence-electron chi connectivity index (χ0n) is 17.1. The van der Waals surface area contributed by atoms with Crippen LogP contribution in [0.3, 0.4) is 0 Å². The smallest absolute Gasteiger partial charge is 0.411 e. The van der Waals surface area contributed by atoms with Crippen molar-refractivity contribution in [1.82, 2.24) is 4.90 Å². The summed E-state index contributed by atoms with van der Waals surface area (Å²) in [4.78, 5) is 14.3. The van der Waals surface area contributed by atoms with Gasteiger partial charge in [0.2, 0.25) is 0 Å². The summed E-state index contributed by atoms with van der Waals surface area (Å²) >= 11 is 0. The number of aliphatic hydroxyl groups is 1. The van der Waals surface area contributed by atoms with Crippen LogP contribution in [-0.4, -0.2) is 33.8 Å². The minimum atomic E-state index is -1.00. The predicted octanol–water partition coefficient (Wildman–Crippen LogP) is 5.26. The van der Waals surface area contributed by atoms with E-state index >= 15 is 0 Å². The lowest BCUT2D eigenvalue weighted by atomic mass is 9.84. The van der Waals surface area contributed by atoms with E-state index in [0.29, 0.717) is 5.76 Å². The average molecular weight is 360 g/mol. The quantitative estimate of drug-likeness (QED) is 0.534. The number of carbonyl (C=O) groups is 1. The van der Waals surface area contributed by atoms with E-state index < -0.39 is 5.60 Å². The van der Waals surface area contributed by atoms with Crippen molar-refractivity contribution in [2.24, 2.45) is 0 Å². The number of amides is 1. The second-order valence-electron chi connectivity index (χ2n) is 7.57. The lowest BCUT2D eigenvalue weighted by molar-refractivity contribution is 0.0627. The third-order valence-electron chi connectivity index (χ3n) is 4.11. The maximum Gasteiger partial charge on any atom is 0.415 e. The third-order valence-corrected chi connectivity index (χ3v) is 4.11. The van der Waals surface area contributed by atoms with E-state index in [4.69, 9.17) is 4.74 Å². The molecular formula is C22H33NO3. The standard InChI is InChI=1S/C22H33NO3/c1-8-12-19(26-21(24)23(16(2)3)17(4)5)15-20(22(6,7)25)18-13-10-9-11-14-18/h8-17,20,25H,1-7H3/b12-8+,19-15-/t20-/m0/s1. The Morgan fingerprint density at radius 3 is 2.08 bits per heavy atom.